The molecule has 4 heterocycles. The summed E-state index contributed by atoms with van der Waals surface area (Å²) >= 11 is 0. The Morgan fingerprint density at radius 3 is 2.63 bits per heavy atom. The number of H-pyrrole nitrogens is 1. The topological polar surface area (TPSA) is 91.4 Å². The van der Waals surface area contributed by atoms with E-state index in [0.717, 1.165) is 86.4 Å². The Kier molecular flexibility index (Phi) is 5.08. The Morgan fingerprint density at radius 2 is 1.90 bits per heavy atom. The van der Waals surface area contributed by atoms with E-state index < -0.39 is 5.54 Å². The van der Waals surface area contributed by atoms with Gasteiger partial charge >= 0.3 is 0 Å². The molecule has 0 saturated carbocycles. The summed E-state index contributed by atoms with van der Waals surface area (Å²) in [5, 5.41) is 8.46. The van der Waals surface area contributed by atoms with Crippen molar-refractivity contribution in [3.63, 3.8) is 0 Å². The first kappa shape index (κ1) is 19.3. The van der Waals surface area contributed by atoms with Gasteiger partial charge in [-0.15, -0.1) is 0 Å². The minimum absolute atomic E-state index is 0.157. The van der Waals surface area contributed by atoms with Crippen molar-refractivity contribution in [2.45, 2.75) is 44.2 Å². The Balaban J connectivity index is 1.30. The Morgan fingerprint density at radius 1 is 1.13 bits per heavy atom. The van der Waals surface area contributed by atoms with Crippen molar-refractivity contribution in [1.29, 1.82) is 0 Å². The minimum atomic E-state index is -0.477. The first-order chi connectivity index (χ1) is 14.7. The summed E-state index contributed by atoms with van der Waals surface area (Å²) in [4.78, 5) is 17.2. The third-order valence-electron chi connectivity index (χ3n) is 6.89. The summed E-state index contributed by atoms with van der Waals surface area (Å²) in [6.45, 7) is 4.45. The number of fused-ring (bicyclic) bond motifs is 1. The van der Waals surface area contributed by atoms with Gasteiger partial charge < -0.3 is 10.2 Å². The maximum atomic E-state index is 12.5. The van der Waals surface area contributed by atoms with Crippen LogP contribution < -0.4 is 5.73 Å². The summed E-state index contributed by atoms with van der Waals surface area (Å²) in [6.07, 6.45) is 7.04. The van der Waals surface area contributed by atoms with Crippen LogP contribution in [0.15, 0.2) is 40.9 Å². The van der Waals surface area contributed by atoms with Gasteiger partial charge in [0, 0.05) is 30.6 Å². The van der Waals surface area contributed by atoms with E-state index in [1.165, 1.54) is 6.42 Å². The van der Waals surface area contributed by atoms with Crippen LogP contribution in [0.4, 0.5) is 0 Å². The van der Waals surface area contributed by atoms with E-state index in [4.69, 9.17) is 10.2 Å². The number of hydrogen-bond acceptors (Lipinski definition) is 5. The molecular weight excluding hydrogens is 378 g/mol. The molecule has 7 nitrogen and oxygen atoms in total. The molecule has 30 heavy (non-hydrogen) atoms. The minimum Gasteiger partial charge on any atom is -0.454 e. The second kappa shape index (κ2) is 7.89. The zero-order chi connectivity index (χ0) is 20.6. The van der Waals surface area contributed by atoms with E-state index in [1.54, 1.807) is 0 Å². The van der Waals surface area contributed by atoms with Crippen molar-refractivity contribution in [3.8, 4) is 11.5 Å². The molecule has 0 spiro atoms. The molecule has 0 unspecified atom stereocenters. The highest BCUT2D eigenvalue weighted by atomic mass is 16.3. The van der Waals surface area contributed by atoms with Gasteiger partial charge in [0.1, 0.15) is 16.8 Å². The third kappa shape index (κ3) is 3.42. The van der Waals surface area contributed by atoms with Gasteiger partial charge in [-0.1, -0.05) is 24.6 Å². The van der Waals surface area contributed by atoms with Crippen molar-refractivity contribution in [2.24, 2.45) is 5.73 Å². The fourth-order valence-electron chi connectivity index (χ4n) is 5.11. The van der Waals surface area contributed by atoms with E-state index in [0.29, 0.717) is 0 Å². The molecule has 1 aromatic carbocycles. The van der Waals surface area contributed by atoms with Crippen molar-refractivity contribution in [3.05, 3.63) is 42.1 Å². The number of piperidine rings is 2. The number of hydrogen-bond donors (Lipinski definition) is 2. The van der Waals surface area contributed by atoms with Gasteiger partial charge in [0.05, 0.1) is 6.20 Å². The lowest BCUT2D eigenvalue weighted by atomic mass is 9.83. The average molecular weight is 408 g/mol. The number of nitrogens with two attached hydrogens (primary N) is 1. The van der Waals surface area contributed by atoms with Crippen LogP contribution in [0.2, 0.25) is 0 Å². The monoisotopic (exact) mass is 407 g/mol. The number of para-hydroxylation sites is 1. The zero-order valence-electron chi connectivity index (χ0n) is 17.3. The van der Waals surface area contributed by atoms with Crippen LogP contribution >= 0.6 is 0 Å². The van der Waals surface area contributed by atoms with Gasteiger partial charge in [0.2, 0.25) is 5.91 Å². The Bertz CT molecular complexity index is 992. The van der Waals surface area contributed by atoms with Crippen LogP contribution in [-0.4, -0.2) is 57.6 Å². The van der Waals surface area contributed by atoms with E-state index in [9.17, 15) is 4.79 Å². The third-order valence-corrected chi connectivity index (χ3v) is 6.89. The molecule has 5 rings (SSSR count). The molecule has 7 heteroatoms. The number of amides is 1. The number of primary amides is 1. The van der Waals surface area contributed by atoms with Gasteiger partial charge in [-0.3, -0.25) is 19.7 Å². The van der Waals surface area contributed by atoms with Crippen molar-refractivity contribution in [2.75, 3.05) is 26.2 Å². The smallest absolute Gasteiger partial charge is 0.238 e. The van der Waals surface area contributed by atoms with Crippen LogP contribution in [-0.2, 0) is 11.3 Å². The number of aromatic amines is 1. The molecule has 0 radical (unpaired) electrons. The molecule has 3 aromatic rings. The van der Waals surface area contributed by atoms with E-state index in [1.807, 2.05) is 30.5 Å². The molecular formula is C23H29N5O2. The number of likely N-dealkylation sites (tertiary alicyclic amines) is 2. The summed E-state index contributed by atoms with van der Waals surface area (Å²) < 4.78 is 6.03. The van der Waals surface area contributed by atoms with Crippen molar-refractivity contribution in [1.82, 2.24) is 20.0 Å². The van der Waals surface area contributed by atoms with Crippen LogP contribution in [0.3, 0.4) is 0 Å². The summed E-state index contributed by atoms with van der Waals surface area (Å²) in [7, 11) is 0. The lowest BCUT2D eigenvalue weighted by Gasteiger charge is -2.48. The normalized spacial score (nSPS) is 20.5. The summed E-state index contributed by atoms with van der Waals surface area (Å²) in [5.74, 6) is 0.649. The second-order valence-corrected chi connectivity index (χ2v) is 8.64. The fraction of sp³-hybridized carbons (Fsp3) is 0.478. The van der Waals surface area contributed by atoms with Gasteiger partial charge in [-0.2, -0.15) is 5.10 Å². The summed E-state index contributed by atoms with van der Waals surface area (Å²) in [6, 6.07) is 10.1. The molecule has 0 atom stereocenters. The van der Waals surface area contributed by atoms with Gasteiger partial charge in [-0.25, -0.2) is 0 Å². The van der Waals surface area contributed by atoms with E-state index in [-0.39, 0.29) is 5.91 Å². The first-order valence-electron chi connectivity index (χ1n) is 10.9. The van der Waals surface area contributed by atoms with E-state index >= 15 is 0 Å². The van der Waals surface area contributed by atoms with E-state index in [2.05, 4.69) is 26.1 Å². The number of nitrogens with zero attached hydrogens (tertiary/aromatic N) is 3. The molecule has 3 N–H and O–H groups in total. The maximum absolute atomic E-state index is 12.5. The van der Waals surface area contributed by atoms with Crippen molar-refractivity contribution < 1.29 is 9.21 Å². The summed E-state index contributed by atoms with van der Waals surface area (Å²) in [5.41, 5.74) is 8.36. The van der Waals surface area contributed by atoms with Crippen LogP contribution in [0.1, 0.15) is 37.7 Å². The molecule has 2 fully saturated rings. The Labute approximate surface area is 176 Å². The number of furan rings is 1. The van der Waals surface area contributed by atoms with Crippen molar-refractivity contribution >= 4 is 16.9 Å². The van der Waals surface area contributed by atoms with Gasteiger partial charge in [0.25, 0.3) is 0 Å². The van der Waals surface area contributed by atoms with Crippen LogP contribution in [0, 0.1) is 0 Å². The highest BCUT2D eigenvalue weighted by Gasteiger charge is 2.45. The largest absolute Gasteiger partial charge is 0.454 e. The van der Waals surface area contributed by atoms with Crippen LogP contribution in [0.25, 0.3) is 22.4 Å². The molecule has 2 aliphatic rings. The Hall–Kier alpha value is -2.64. The van der Waals surface area contributed by atoms with Gasteiger partial charge in [0.15, 0.2) is 5.76 Å². The number of carbonyl (C=O) groups excluding carboxylic acids is 1. The highest BCUT2D eigenvalue weighted by molar-refractivity contribution is 5.85. The number of nitrogens with one attached hydrogen (secondary N) is 1. The molecule has 0 aliphatic carbocycles. The maximum Gasteiger partial charge on any atom is 0.238 e. The quantitative estimate of drug-likeness (QED) is 0.678. The SMILES string of the molecule is NC(=O)C1(N2CCCCC2)CCN(Cc2cn[nH]c2-c2cc3ccccc3o2)CC1. The fourth-order valence-corrected chi connectivity index (χ4v) is 5.11. The molecule has 2 aliphatic heterocycles. The lowest BCUT2D eigenvalue weighted by Crippen LogP contribution is -2.63. The molecule has 2 aromatic heterocycles. The standard InChI is InChI=1S/C23H29N5O2/c24-22(29)23(28-10-4-1-5-11-28)8-12-27(13-9-23)16-18-15-25-26-21(18)20-14-17-6-2-3-7-19(17)30-20/h2-3,6-7,14-15H,1,4-5,8-13,16H2,(H2,24,29)(H,25,26). The van der Waals surface area contributed by atoms with Gasteiger partial charge in [-0.05, 0) is 50.9 Å². The first-order valence-corrected chi connectivity index (χ1v) is 10.9. The predicted octanol–water partition coefficient (Wildman–Crippen LogP) is 3.13. The predicted molar refractivity (Wildman–Crippen MR) is 116 cm³/mol. The zero-order valence-corrected chi connectivity index (χ0v) is 17.3. The molecule has 2 saturated heterocycles. The number of rotatable bonds is 5. The lowest BCUT2D eigenvalue weighted by molar-refractivity contribution is -0.135. The average Bonchev–Trinajstić information content (AvgIpc) is 3.41. The second-order valence-electron chi connectivity index (χ2n) is 8.64. The molecule has 0 bridgehead atoms. The van der Waals surface area contributed by atoms with Crippen LogP contribution in [0.5, 0.6) is 0 Å². The number of aromatic nitrogens is 2. The molecule has 158 valence electrons. The number of carbonyl (C=O) groups is 1. The highest BCUT2D eigenvalue weighted by Crippen LogP contribution is 2.33. The number of benzene rings is 1. The molecule has 1 amide bonds.